The first-order chi connectivity index (χ1) is 14.4. The molecule has 0 bridgehead atoms. The van der Waals surface area contributed by atoms with Gasteiger partial charge in [0.2, 0.25) is 0 Å². The number of rotatable bonds is 5. The second kappa shape index (κ2) is 7.50. The number of likely N-dealkylation sites (tertiary alicyclic amines) is 1. The van der Waals surface area contributed by atoms with E-state index in [1.165, 1.54) is 11.9 Å². The zero-order chi connectivity index (χ0) is 20.8. The van der Waals surface area contributed by atoms with Crippen LogP contribution in [0.25, 0.3) is 10.2 Å². The normalized spacial score (nSPS) is 19.0. The van der Waals surface area contributed by atoms with E-state index in [9.17, 15) is 13.2 Å². The highest BCUT2D eigenvalue weighted by Crippen LogP contribution is 2.42. The molecule has 2 saturated heterocycles. The monoisotopic (exact) mass is 432 g/mol. The molecular weight excluding hydrogens is 409 g/mol. The number of thiophene rings is 1. The number of hydrogen-bond acceptors (Lipinski definition) is 5. The van der Waals surface area contributed by atoms with Crippen molar-refractivity contribution in [2.75, 3.05) is 37.6 Å². The Bertz CT molecular complexity index is 1030. The van der Waals surface area contributed by atoms with Crippen LogP contribution in [-0.4, -0.2) is 53.8 Å². The van der Waals surface area contributed by atoms with E-state index in [-0.39, 0.29) is 5.41 Å². The summed E-state index contributed by atoms with van der Waals surface area (Å²) < 4.78 is 38.4. The molecule has 0 radical (unpaired) electrons. The van der Waals surface area contributed by atoms with Crippen LogP contribution in [0.3, 0.4) is 0 Å². The minimum Gasteiger partial charge on any atom is -0.355 e. The quantitative estimate of drug-likeness (QED) is 0.592. The summed E-state index contributed by atoms with van der Waals surface area (Å²) in [6.45, 7) is 5.02. The van der Waals surface area contributed by atoms with Crippen LogP contribution < -0.4 is 4.90 Å². The lowest BCUT2D eigenvalue weighted by atomic mass is 9.79. The molecule has 1 spiro atoms. The van der Waals surface area contributed by atoms with E-state index in [1.54, 1.807) is 6.07 Å². The Kier molecular flexibility index (Phi) is 4.94. The minimum atomic E-state index is -4.21. The molecule has 5 rings (SSSR count). The standard InChI is InChI=1S/C22H23F3N4S/c23-22(24,25)11-17-10-18-19(26-15-27-20(18)30-17)29-9-7-21(14-29)12-28(13-21)8-6-16-4-2-1-3-5-16/h1-5,10,15H,6-9,11-14H2. The fourth-order valence-corrected chi connectivity index (χ4v) is 5.82. The molecule has 0 N–H and O–H groups in total. The van der Waals surface area contributed by atoms with Gasteiger partial charge in [0.05, 0.1) is 11.8 Å². The van der Waals surface area contributed by atoms with Gasteiger partial charge >= 0.3 is 6.18 Å². The van der Waals surface area contributed by atoms with Crippen LogP contribution in [0, 0.1) is 5.41 Å². The molecule has 1 aromatic carbocycles. The third-order valence-electron chi connectivity index (χ3n) is 6.15. The van der Waals surface area contributed by atoms with Gasteiger partial charge in [-0.1, -0.05) is 30.3 Å². The first-order valence-electron chi connectivity index (χ1n) is 10.2. The van der Waals surface area contributed by atoms with E-state index in [0.717, 1.165) is 68.1 Å². The molecule has 30 heavy (non-hydrogen) atoms. The van der Waals surface area contributed by atoms with Crippen LogP contribution in [0.1, 0.15) is 16.9 Å². The molecule has 0 amide bonds. The lowest BCUT2D eigenvalue weighted by molar-refractivity contribution is -0.126. The van der Waals surface area contributed by atoms with Crippen LogP contribution in [-0.2, 0) is 12.8 Å². The maximum atomic E-state index is 12.8. The minimum absolute atomic E-state index is 0.277. The summed E-state index contributed by atoms with van der Waals surface area (Å²) in [5, 5.41) is 0.749. The maximum absolute atomic E-state index is 12.8. The molecule has 0 saturated carbocycles. The predicted molar refractivity (Wildman–Crippen MR) is 113 cm³/mol. The highest BCUT2D eigenvalue weighted by atomic mass is 32.1. The van der Waals surface area contributed by atoms with Crippen LogP contribution in [0.15, 0.2) is 42.7 Å². The first kappa shape index (κ1) is 19.8. The van der Waals surface area contributed by atoms with Crippen molar-refractivity contribution >= 4 is 27.4 Å². The van der Waals surface area contributed by atoms with Crippen LogP contribution in [0.5, 0.6) is 0 Å². The molecule has 8 heteroatoms. The highest BCUT2D eigenvalue weighted by molar-refractivity contribution is 7.18. The Labute approximate surface area is 177 Å². The molecule has 0 unspecified atom stereocenters. The number of alkyl halides is 3. The predicted octanol–water partition coefficient (Wildman–Crippen LogP) is 4.55. The molecule has 2 aliphatic heterocycles. The van der Waals surface area contributed by atoms with Gasteiger partial charge in [-0.25, -0.2) is 9.97 Å². The number of fused-ring (bicyclic) bond motifs is 1. The van der Waals surface area contributed by atoms with Crippen molar-refractivity contribution in [3.8, 4) is 0 Å². The van der Waals surface area contributed by atoms with Crippen molar-refractivity contribution in [3.63, 3.8) is 0 Å². The molecule has 0 aliphatic carbocycles. The maximum Gasteiger partial charge on any atom is 0.393 e. The zero-order valence-electron chi connectivity index (χ0n) is 16.5. The Morgan fingerprint density at radius 1 is 1.07 bits per heavy atom. The largest absolute Gasteiger partial charge is 0.393 e. The van der Waals surface area contributed by atoms with Crippen molar-refractivity contribution in [1.29, 1.82) is 0 Å². The van der Waals surface area contributed by atoms with E-state index in [1.807, 2.05) is 6.07 Å². The Balaban J connectivity index is 1.24. The zero-order valence-corrected chi connectivity index (χ0v) is 17.3. The van der Waals surface area contributed by atoms with Gasteiger partial charge in [0.15, 0.2) is 0 Å². The second-order valence-corrected chi connectivity index (χ2v) is 9.65. The molecular formula is C22H23F3N4S. The number of hydrogen-bond donors (Lipinski definition) is 0. The number of benzene rings is 1. The van der Waals surface area contributed by atoms with Gasteiger partial charge in [0.25, 0.3) is 0 Å². The molecule has 4 nitrogen and oxygen atoms in total. The molecule has 2 aromatic heterocycles. The van der Waals surface area contributed by atoms with Crippen LogP contribution in [0.4, 0.5) is 19.0 Å². The molecule has 158 valence electrons. The first-order valence-corrected chi connectivity index (χ1v) is 11.0. The Morgan fingerprint density at radius 2 is 1.87 bits per heavy atom. The summed E-state index contributed by atoms with van der Waals surface area (Å²) in [5.74, 6) is 0.782. The Hall–Kier alpha value is -2.19. The van der Waals surface area contributed by atoms with E-state index in [4.69, 9.17) is 0 Å². The lowest BCUT2D eigenvalue weighted by Crippen LogP contribution is -2.57. The molecule has 2 fully saturated rings. The van der Waals surface area contributed by atoms with E-state index >= 15 is 0 Å². The molecule has 4 heterocycles. The second-order valence-electron chi connectivity index (χ2n) is 8.54. The summed E-state index contributed by atoms with van der Waals surface area (Å²) in [6, 6.07) is 12.2. The third-order valence-corrected chi connectivity index (χ3v) is 7.19. The van der Waals surface area contributed by atoms with E-state index in [0.29, 0.717) is 9.71 Å². The van der Waals surface area contributed by atoms with Gasteiger partial charge in [0.1, 0.15) is 17.0 Å². The summed E-state index contributed by atoms with van der Waals surface area (Å²) in [4.78, 5) is 14.3. The van der Waals surface area contributed by atoms with Crippen molar-refractivity contribution in [2.45, 2.75) is 25.4 Å². The van der Waals surface area contributed by atoms with Gasteiger partial charge in [0, 0.05) is 43.0 Å². The number of nitrogens with zero attached hydrogens (tertiary/aromatic N) is 4. The highest BCUT2D eigenvalue weighted by Gasteiger charge is 2.47. The Morgan fingerprint density at radius 3 is 2.63 bits per heavy atom. The van der Waals surface area contributed by atoms with Crippen LogP contribution >= 0.6 is 11.3 Å². The van der Waals surface area contributed by atoms with Crippen LogP contribution in [0.2, 0.25) is 0 Å². The summed E-state index contributed by atoms with van der Waals surface area (Å²) in [5.41, 5.74) is 1.64. The molecule has 2 aliphatic rings. The smallest absolute Gasteiger partial charge is 0.355 e. The van der Waals surface area contributed by atoms with Crippen molar-refractivity contribution < 1.29 is 13.2 Å². The summed E-state index contributed by atoms with van der Waals surface area (Å²) in [6.07, 6.45) is -1.48. The summed E-state index contributed by atoms with van der Waals surface area (Å²) >= 11 is 1.12. The van der Waals surface area contributed by atoms with Crippen molar-refractivity contribution in [1.82, 2.24) is 14.9 Å². The number of aromatic nitrogens is 2. The average molecular weight is 433 g/mol. The fourth-order valence-electron chi connectivity index (χ4n) is 4.80. The average Bonchev–Trinajstić information content (AvgIpc) is 3.28. The summed E-state index contributed by atoms with van der Waals surface area (Å²) in [7, 11) is 0. The van der Waals surface area contributed by atoms with Gasteiger partial charge < -0.3 is 9.80 Å². The number of anilines is 1. The van der Waals surface area contributed by atoms with Gasteiger partial charge in [-0.15, -0.1) is 11.3 Å². The van der Waals surface area contributed by atoms with Crippen molar-refractivity contribution in [3.05, 3.63) is 53.2 Å². The van der Waals surface area contributed by atoms with Gasteiger partial charge in [-0.3, -0.25) is 0 Å². The fraction of sp³-hybridized carbons (Fsp3) is 0.455. The SMILES string of the molecule is FC(F)(F)Cc1cc2c(N3CCC4(CN(CCc5ccccc5)C4)C3)ncnc2s1. The molecule has 0 atom stereocenters. The van der Waals surface area contributed by atoms with Crippen molar-refractivity contribution in [2.24, 2.45) is 5.41 Å². The van der Waals surface area contributed by atoms with E-state index < -0.39 is 12.6 Å². The number of halogens is 3. The third kappa shape index (κ3) is 4.03. The van der Waals surface area contributed by atoms with Gasteiger partial charge in [-0.05, 0) is 24.5 Å². The van der Waals surface area contributed by atoms with E-state index in [2.05, 4.69) is 44.0 Å². The topological polar surface area (TPSA) is 32.3 Å². The lowest BCUT2D eigenvalue weighted by Gasteiger charge is -2.48. The van der Waals surface area contributed by atoms with Gasteiger partial charge in [-0.2, -0.15) is 13.2 Å². The molecule has 3 aromatic rings.